The van der Waals surface area contributed by atoms with Crippen LogP contribution in [0.3, 0.4) is 0 Å². The van der Waals surface area contributed by atoms with Crippen LogP contribution < -0.4 is 10.1 Å². The van der Waals surface area contributed by atoms with Crippen LogP contribution in [0.4, 0.5) is 0 Å². The highest BCUT2D eigenvalue weighted by Crippen LogP contribution is 2.25. The van der Waals surface area contributed by atoms with Gasteiger partial charge >= 0.3 is 0 Å². The number of hydrogen-bond acceptors (Lipinski definition) is 3. The maximum Gasteiger partial charge on any atom is 0.233 e. The summed E-state index contributed by atoms with van der Waals surface area (Å²) in [6.07, 6.45) is 2.10. The zero-order valence-corrected chi connectivity index (χ0v) is 12.9. The number of methoxy groups -OCH3 is 1. The largest absolute Gasteiger partial charge is 0.497 e. The molecule has 0 aliphatic rings. The summed E-state index contributed by atoms with van der Waals surface area (Å²) in [4.78, 5) is 13.1. The van der Waals surface area contributed by atoms with Gasteiger partial charge < -0.3 is 10.1 Å². The lowest BCUT2D eigenvalue weighted by Gasteiger charge is -2.16. The number of benzene rings is 1. The first kappa shape index (κ1) is 15.9. The number of carbonyl (C=O) groups is 1. The summed E-state index contributed by atoms with van der Waals surface area (Å²) in [6.45, 7) is 6.10. The Morgan fingerprint density at radius 3 is 2.47 bits per heavy atom. The van der Waals surface area contributed by atoms with E-state index in [1.54, 1.807) is 18.9 Å². The SMILES string of the molecule is CCCC(C)NC(=O)C(C)Sc1ccc(OC)cc1. The zero-order chi connectivity index (χ0) is 14.3. The topological polar surface area (TPSA) is 38.3 Å². The summed E-state index contributed by atoms with van der Waals surface area (Å²) in [7, 11) is 1.65. The van der Waals surface area contributed by atoms with Crippen LogP contribution in [0, 0.1) is 0 Å². The molecule has 1 aromatic carbocycles. The molecule has 1 aromatic rings. The van der Waals surface area contributed by atoms with Gasteiger partial charge in [-0.1, -0.05) is 13.3 Å². The minimum Gasteiger partial charge on any atom is -0.497 e. The van der Waals surface area contributed by atoms with Crippen molar-refractivity contribution in [2.24, 2.45) is 0 Å². The summed E-state index contributed by atoms with van der Waals surface area (Å²) >= 11 is 1.56. The Kier molecular flexibility index (Phi) is 6.78. The highest BCUT2D eigenvalue weighted by Gasteiger charge is 2.16. The predicted octanol–water partition coefficient (Wildman–Crippen LogP) is 3.48. The lowest BCUT2D eigenvalue weighted by Crippen LogP contribution is -2.37. The molecule has 1 amide bonds. The highest BCUT2D eigenvalue weighted by molar-refractivity contribution is 8.00. The van der Waals surface area contributed by atoms with E-state index in [4.69, 9.17) is 4.74 Å². The maximum atomic E-state index is 12.0. The van der Waals surface area contributed by atoms with Crippen molar-refractivity contribution in [1.29, 1.82) is 0 Å². The number of carbonyl (C=O) groups excluding carboxylic acids is 1. The number of hydrogen-bond donors (Lipinski definition) is 1. The monoisotopic (exact) mass is 281 g/mol. The molecule has 0 saturated carbocycles. The van der Waals surface area contributed by atoms with Gasteiger partial charge in [0.2, 0.25) is 5.91 Å². The van der Waals surface area contributed by atoms with Crippen LogP contribution in [-0.2, 0) is 4.79 Å². The molecule has 0 saturated heterocycles. The minimum absolute atomic E-state index is 0.0901. The van der Waals surface area contributed by atoms with Crippen LogP contribution in [-0.4, -0.2) is 24.3 Å². The van der Waals surface area contributed by atoms with E-state index < -0.39 is 0 Å². The van der Waals surface area contributed by atoms with Crippen molar-refractivity contribution in [1.82, 2.24) is 5.32 Å². The molecule has 0 aromatic heterocycles. The lowest BCUT2D eigenvalue weighted by molar-refractivity contribution is -0.120. The molecule has 106 valence electrons. The van der Waals surface area contributed by atoms with E-state index in [0.717, 1.165) is 23.5 Å². The second-order valence-corrected chi connectivity index (χ2v) is 6.05. The van der Waals surface area contributed by atoms with Gasteiger partial charge in [0.25, 0.3) is 0 Å². The quantitative estimate of drug-likeness (QED) is 0.778. The molecule has 0 spiro atoms. The van der Waals surface area contributed by atoms with Crippen molar-refractivity contribution < 1.29 is 9.53 Å². The van der Waals surface area contributed by atoms with Crippen LogP contribution in [0.25, 0.3) is 0 Å². The van der Waals surface area contributed by atoms with Crippen molar-refractivity contribution in [3.63, 3.8) is 0 Å². The fourth-order valence-corrected chi connectivity index (χ4v) is 2.65. The number of ether oxygens (including phenoxy) is 1. The molecule has 3 nitrogen and oxygen atoms in total. The standard InChI is InChI=1S/C15H23NO2S/c1-5-6-11(2)16-15(17)12(3)19-14-9-7-13(18-4)8-10-14/h7-12H,5-6H2,1-4H3,(H,16,17). The molecule has 1 N–H and O–H groups in total. The molecule has 0 bridgehead atoms. The van der Waals surface area contributed by atoms with Gasteiger partial charge in [0.1, 0.15) is 5.75 Å². The van der Waals surface area contributed by atoms with Crippen molar-refractivity contribution in [3.05, 3.63) is 24.3 Å². The molecule has 0 fully saturated rings. The Balaban J connectivity index is 2.48. The maximum absolute atomic E-state index is 12.0. The van der Waals surface area contributed by atoms with Gasteiger partial charge in [0, 0.05) is 10.9 Å². The Bertz CT molecular complexity index is 392. The van der Waals surface area contributed by atoms with Gasteiger partial charge in [-0.05, 0) is 44.5 Å². The van der Waals surface area contributed by atoms with Crippen LogP contribution in [0.2, 0.25) is 0 Å². The Labute approximate surface area is 120 Å². The first-order valence-corrected chi connectivity index (χ1v) is 7.55. The van der Waals surface area contributed by atoms with Gasteiger partial charge in [-0.25, -0.2) is 0 Å². The number of amides is 1. The third-order valence-corrected chi connectivity index (χ3v) is 3.96. The summed E-state index contributed by atoms with van der Waals surface area (Å²) in [6, 6.07) is 8.02. The van der Waals surface area contributed by atoms with Crippen LogP contribution in [0.1, 0.15) is 33.6 Å². The van der Waals surface area contributed by atoms with Gasteiger partial charge in [0.15, 0.2) is 0 Å². The first-order valence-electron chi connectivity index (χ1n) is 6.68. The van der Waals surface area contributed by atoms with E-state index in [2.05, 4.69) is 12.2 Å². The summed E-state index contributed by atoms with van der Waals surface area (Å²) in [5, 5.41) is 2.95. The molecule has 0 aliphatic carbocycles. The molecule has 2 unspecified atom stereocenters. The van der Waals surface area contributed by atoms with Crippen molar-refractivity contribution in [2.75, 3.05) is 7.11 Å². The summed E-state index contributed by atoms with van der Waals surface area (Å²) in [5.41, 5.74) is 0. The van der Waals surface area contributed by atoms with Crippen molar-refractivity contribution >= 4 is 17.7 Å². The molecule has 19 heavy (non-hydrogen) atoms. The average molecular weight is 281 g/mol. The minimum atomic E-state index is -0.0901. The second kappa shape index (κ2) is 8.10. The van der Waals surface area contributed by atoms with Gasteiger partial charge in [-0.3, -0.25) is 4.79 Å². The van der Waals surface area contributed by atoms with E-state index in [-0.39, 0.29) is 17.2 Å². The smallest absolute Gasteiger partial charge is 0.233 e. The molecule has 4 heteroatoms. The van der Waals surface area contributed by atoms with Crippen molar-refractivity contribution in [3.8, 4) is 5.75 Å². The van der Waals surface area contributed by atoms with E-state index in [1.807, 2.05) is 38.1 Å². The third kappa shape index (κ3) is 5.55. The van der Waals surface area contributed by atoms with E-state index in [0.29, 0.717) is 0 Å². The molecule has 0 aliphatic heterocycles. The van der Waals surface area contributed by atoms with Crippen LogP contribution in [0.15, 0.2) is 29.2 Å². The second-order valence-electron chi connectivity index (χ2n) is 4.63. The number of rotatable bonds is 7. The third-order valence-electron chi connectivity index (χ3n) is 2.85. The van der Waals surface area contributed by atoms with Gasteiger partial charge in [0.05, 0.1) is 12.4 Å². The fraction of sp³-hybridized carbons (Fsp3) is 0.533. The van der Waals surface area contributed by atoms with E-state index in [9.17, 15) is 4.79 Å². The molecule has 0 radical (unpaired) electrons. The number of thioether (sulfide) groups is 1. The Hall–Kier alpha value is -1.16. The zero-order valence-electron chi connectivity index (χ0n) is 12.1. The van der Waals surface area contributed by atoms with Crippen molar-refractivity contribution in [2.45, 2.75) is 49.8 Å². The molecular formula is C15H23NO2S. The summed E-state index contributed by atoms with van der Waals surface area (Å²) < 4.78 is 5.11. The normalized spacial score (nSPS) is 13.7. The fourth-order valence-electron chi connectivity index (χ4n) is 1.78. The van der Waals surface area contributed by atoms with Gasteiger partial charge in [-0.2, -0.15) is 0 Å². The van der Waals surface area contributed by atoms with E-state index in [1.165, 1.54) is 0 Å². The van der Waals surface area contributed by atoms with Crippen LogP contribution >= 0.6 is 11.8 Å². The highest BCUT2D eigenvalue weighted by atomic mass is 32.2. The molecule has 0 heterocycles. The average Bonchev–Trinajstić information content (AvgIpc) is 2.39. The molecule has 2 atom stereocenters. The lowest BCUT2D eigenvalue weighted by atomic mass is 10.2. The number of nitrogens with one attached hydrogen (secondary N) is 1. The van der Waals surface area contributed by atoms with Crippen LogP contribution in [0.5, 0.6) is 5.75 Å². The summed E-state index contributed by atoms with van der Waals surface area (Å²) in [5.74, 6) is 0.930. The Morgan fingerprint density at radius 2 is 1.95 bits per heavy atom. The first-order chi connectivity index (χ1) is 9.06. The van der Waals surface area contributed by atoms with Gasteiger partial charge in [-0.15, -0.1) is 11.8 Å². The Morgan fingerprint density at radius 1 is 1.32 bits per heavy atom. The predicted molar refractivity (Wildman–Crippen MR) is 80.8 cm³/mol. The molecular weight excluding hydrogens is 258 g/mol. The van der Waals surface area contributed by atoms with E-state index >= 15 is 0 Å². The molecule has 1 rings (SSSR count).